The van der Waals surface area contributed by atoms with E-state index in [1.165, 1.54) is 6.07 Å². The normalized spacial score (nSPS) is 17.3. The van der Waals surface area contributed by atoms with E-state index in [9.17, 15) is 27.9 Å². The molecule has 1 aromatic heterocycles. The largest absolute Gasteiger partial charge is 0.480 e. The molecule has 0 radical (unpaired) electrons. The van der Waals surface area contributed by atoms with Gasteiger partial charge < -0.3 is 29.7 Å². The van der Waals surface area contributed by atoms with Crippen LogP contribution in [0.5, 0.6) is 0 Å². The number of rotatable bonds is 10. The summed E-state index contributed by atoms with van der Waals surface area (Å²) in [6.07, 6.45) is -3.02. The second-order valence-electron chi connectivity index (χ2n) is 14.0. The summed E-state index contributed by atoms with van der Waals surface area (Å²) < 4.78 is 68.7. The number of anilines is 2. The number of morpholine rings is 2. The lowest BCUT2D eigenvalue weighted by Gasteiger charge is -2.38. The summed E-state index contributed by atoms with van der Waals surface area (Å²) in [5, 5.41) is 16.5. The molecule has 0 bridgehead atoms. The van der Waals surface area contributed by atoms with Crippen molar-refractivity contribution < 1.29 is 41.7 Å². The molecule has 1 amide bonds. The van der Waals surface area contributed by atoms with Gasteiger partial charge in [0.1, 0.15) is 17.9 Å². The minimum atomic E-state index is -4.64. The second-order valence-corrected chi connectivity index (χ2v) is 14.0. The van der Waals surface area contributed by atoms with Crippen LogP contribution in [-0.4, -0.2) is 105 Å². The third kappa shape index (κ3) is 8.07. The third-order valence-electron chi connectivity index (χ3n) is 10.3. The quantitative estimate of drug-likeness (QED) is 0.159. The van der Waals surface area contributed by atoms with Crippen LogP contribution >= 0.6 is 0 Å². The first-order chi connectivity index (χ1) is 26.4. The van der Waals surface area contributed by atoms with Crippen molar-refractivity contribution in [3.8, 4) is 11.3 Å². The Morgan fingerprint density at radius 1 is 0.927 bits per heavy atom. The molecule has 0 unspecified atom stereocenters. The Hall–Kier alpha value is -5.31. The third-order valence-corrected chi connectivity index (χ3v) is 10.3. The number of nitrogens with zero attached hydrogens (tertiary/aromatic N) is 4. The van der Waals surface area contributed by atoms with E-state index in [2.05, 4.69) is 11.4 Å². The summed E-state index contributed by atoms with van der Waals surface area (Å²) >= 11 is 0. The fourth-order valence-corrected chi connectivity index (χ4v) is 7.44. The Morgan fingerprint density at radius 3 is 2.42 bits per heavy atom. The Kier molecular flexibility index (Phi) is 10.9. The maximum absolute atomic E-state index is 16.2. The van der Waals surface area contributed by atoms with E-state index >= 15 is 4.39 Å². The van der Waals surface area contributed by atoms with Crippen molar-refractivity contribution in [1.29, 1.82) is 0 Å². The maximum atomic E-state index is 16.2. The average molecular weight is 760 g/mol. The van der Waals surface area contributed by atoms with Crippen molar-refractivity contribution >= 4 is 44.8 Å². The van der Waals surface area contributed by atoms with E-state index in [0.29, 0.717) is 31.9 Å². The van der Waals surface area contributed by atoms with Crippen molar-refractivity contribution in [2.75, 3.05) is 70.0 Å². The molecule has 3 heterocycles. The zero-order valence-electron chi connectivity index (χ0n) is 30.4. The van der Waals surface area contributed by atoms with Crippen molar-refractivity contribution in [3.05, 3.63) is 102 Å². The smallest absolute Gasteiger partial charge is 0.411 e. The first kappa shape index (κ1) is 38.0. The minimum absolute atomic E-state index is 0.0151. The van der Waals surface area contributed by atoms with Crippen LogP contribution in [0, 0.1) is 5.82 Å². The summed E-state index contributed by atoms with van der Waals surface area (Å²) in [7, 11) is 3.95. The van der Waals surface area contributed by atoms with Crippen LogP contribution in [-0.2, 0) is 27.2 Å². The number of fused-ring (bicyclic) bond motifs is 2. The number of ether oxygens (including phenoxy) is 2. The number of amides is 1. The Bertz CT molecular complexity index is 2230. The van der Waals surface area contributed by atoms with Crippen molar-refractivity contribution in [1.82, 2.24) is 15.2 Å². The molecule has 2 aliphatic rings. The van der Waals surface area contributed by atoms with E-state index < -0.39 is 48.1 Å². The number of aliphatic carboxylic acids is 1. The molecular weight excluding hydrogens is 718 g/mol. The molecule has 55 heavy (non-hydrogen) atoms. The number of hydrogen-bond donors (Lipinski definition) is 2. The highest BCUT2D eigenvalue weighted by Crippen LogP contribution is 2.36. The first-order valence-corrected chi connectivity index (χ1v) is 18.0. The van der Waals surface area contributed by atoms with Gasteiger partial charge in [-0.15, -0.1) is 0 Å². The number of pyridine rings is 1. The van der Waals surface area contributed by atoms with Crippen molar-refractivity contribution in [2.24, 2.45) is 0 Å². The van der Waals surface area contributed by atoms with Crippen LogP contribution in [0.1, 0.15) is 21.5 Å². The Morgan fingerprint density at radius 2 is 1.67 bits per heavy atom. The number of carboxylic acids is 1. The van der Waals surface area contributed by atoms with Crippen LogP contribution in [0.15, 0.2) is 79.0 Å². The number of carboxylic acid groups (broad SMARTS) is 1. The van der Waals surface area contributed by atoms with Gasteiger partial charge >= 0.3 is 12.1 Å². The van der Waals surface area contributed by atoms with Gasteiger partial charge in [-0.2, -0.15) is 13.2 Å². The summed E-state index contributed by atoms with van der Waals surface area (Å²) in [4.78, 5) is 36.4. The van der Waals surface area contributed by atoms with Gasteiger partial charge in [-0.25, -0.2) is 9.18 Å². The SMILES string of the molecule is CN(C)c1ccc2c(-c3cccc4c(C[C@H](NC(=O)c5c(F)cc(N6CCOC[C@@H]6C(F)(F)F)cc5CN5CCOCC5)C(=O)O)cccc34)nccc2c1. The predicted molar refractivity (Wildman–Crippen MR) is 202 cm³/mol. The lowest BCUT2D eigenvalue weighted by atomic mass is 9.93. The molecule has 0 aliphatic carbocycles. The highest BCUT2D eigenvalue weighted by molar-refractivity contribution is 6.05. The molecule has 0 spiro atoms. The highest BCUT2D eigenvalue weighted by Gasteiger charge is 2.46. The Labute approximate surface area is 315 Å². The maximum Gasteiger partial charge on any atom is 0.411 e. The average Bonchev–Trinajstić information content (AvgIpc) is 3.17. The molecule has 4 aromatic carbocycles. The number of nitrogens with one attached hydrogen (secondary N) is 1. The van der Waals surface area contributed by atoms with Crippen molar-refractivity contribution in [2.45, 2.75) is 31.2 Å². The van der Waals surface area contributed by atoms with Crippen LogP contribution in [0.3, 0.4) is 0 Å². The van der Waals surface area contributed by atoms with Gasteiger partial charge in [0.25, 0.3) is 5.91 Å². The minimum Gasteiger partial charge on any atom is -0.480 e. The fourth-order valence-electron chi connectivity index (χ4n) is 7.44. The summed E-state index contributed by atoms with van der Waals surface area (Å²) in [6, 6.07) is 18.2. The van der Waals surface area contributed by atoms with Crippen LogP contribution in [0.25, 0.3) is 32.8 Å². The molecule has 2 atom stereocenters. The number of halogens is 4. The molecule has 288 valence electrons. The second kappa shape index (κ2) is 15.8. The van der Waals surface area contributed by atoms with Crippen LogP contribution in [0.4, 0.5) is 28.9 Å². The highest BCUT2D eigenvalue weighted by atomic mass is 19.4. The van der Waals surface area contributed by atoms with Crippen LogP contribution < -0.4 is 15.1 Å². The summed E-state index contributed by atoms with van der Waals surface area (Å²) in [5.74, 6) is -3.36. The van der Waals surface area contributed by atoms with E-state index in [1.54, 1.807) is 12.3 Å². The molecule has 2 saturated heterocycles. The van der Waals surface area contributed by atoms with Gasteiger partial charge in [0.15, 0.2) is 0 Å². The number of benzene rings is 4. The summed E-state index contributed by atoms with van der Waals surface area (Å²) in [6.45, 7) is 1.02. The number of alkyl halides is 3. The summed E-state index contributed by atoms with van der Waals surface area (Å²) in [5.41, 5.74) is 2.97. The topological polar surface area (TPSA) is 107 Å². The molecule has 2 fully saturated rings. The molecule has 7 rings (SSSR count). The molecule has 2 N–H and O–H groups in total. The van der Waals surface area contributed by atoms with Crippen LogP contribution in [0.2, 0.25) is 0 Å². The van der Waals surface area contributed by atoms with E-state index in [4.69, 9.17) is 14.5 Å². The van der Waals surface area contributed by atoms with Gasteiger partial charge in [-0.1, -0.05) is 42.5 Å². The zero-order chi connectivity index (χ0) is 38.9. The molecule has 10 nitrogen and oxygen atoms in total. The lowest BCUT2D eigenvalue weighted by molar-refractivity contribution is -0.167. The lowest BCUT2D eigenvalue weighted by Crippen LogP contribution is -2.53. The van der Waals surface area contributed by atoms with Gasteiger partial charge in [0.2, 0.25) is 0 Å². The van der Waals surface area contributed by atoms with E-state index in [0.717, 1.165) is 49.5 Å². The Balaban J connectivity index is 1.21. The van der Waals surface area contributed by atoms with Gasteiger partial charge in [-0.05, 0) is 57.6 Å². The fraction of sp³-hybridized carbons (Fsp3) is 0.341. The molecule has 5 aromatic rings. The number of carbonyl (C=O) groups is 2. The van der Waals surface area contributed by atoms with E-state index in [-0.39, 0.29) is 37.4 Å². The molecular formula is C41H41F4N5O5. The molecule has 14 heteroatoms. The molecule has 0 saturated carbocycles. The monoisotopic (exact) mass is 759 g/mol. The zero-order valence-corrected chi connectivity index (χ0v) is 30.4. The standard InChI is InChI=1S/C41H41F4N5O5/c1-48(2)28-9-10-31-26(19-28)11-12-46-38(31)33-8-4-6-30-25(5-3-7-32(30)33)21-35(40(52)53)47-39(51)37-27(23-49-13-16-54-17-14-49)20-29(22-34(37)42)50-15-18-55-24-36(50)41(43,44)45/h3-12,19-20,22,35-36H,13-18,21,23-24H2,1-2H3,(H,47,51)(H,52,53)/t35-,36+/m0/s1. The van der Waals surface area contributed by atoms with Crippen molar-refractivity contribution in [3.63, 3.8) is 0 Å². The molecule has 2 aliphatic heterocycles. The number of carbonyl (C=O) groups excluding carboxylic acids is 1. The van der Waals surface area contributed by atoms with Gasteiger partial charge in [0, 0.05) is 75.2 Å². The number of aromatic nitrogens is 1. The van der Waals surface area contributed by atoms with Gasteiger partial charge in [-0.3, -0.25) is 14.7 Å². The van der Waals surface area contributed by atoms with E-state index in [1.807, 2.05) is 72.4 Å². The van der Waals surface area contributed by atoms with Gasteiger partial charge in [0.05, 0.1) is 37.7 Å². The number of hydrogen-bond acceptors (Lipinski definition) is 8. The predicted octanol–water partition coefficient (Wildman–Crippen LogP) is 6.29. The first-order valence-electron chi connectivity index (χ1n) is 18.0.